The number of nitrogens with zero attached hydrogens (tertiary/aromatic N) is 2. The van der Waals surface area contributed by atoms with Gasteiger partial charge in [-0.2, -0.15) is 0 Å². The third-order valence-corrected chi connectivity index (χ3v) is 3.60. The highest BCUT2D eigenvalue weighted by Gasteiger charge is 2.11. The SMILES string of the molecule is CC(=O)CCCn1c(-c2ccccc2)nc2ccccc21. The second-order valence-corrected chi connectivity index (χ2v) is 5.25. The zero-order valence-corrected chi connectivity index (χ0v) is 12.1. The Kier molecular flexibility index (Phi) is 3.82. The minimum Gasteiger partial charge on any atom is -0.324 e. The van der Waals surface area contributed by atoms with Crippen molar-refractivity contribution in [3.8, 4) is 11.4 Å². The average Bonchev–Trinajstić information content (AvgIpc) is 2.87. The largest absolute Gasteiger partial charge is 0.324 e. The van der Waals surface area contributed by atoms with Crippen molar-refractivity contribution in [1.29, 1.82) is 0 Å². The standard InChI is InChI=1S/C18H18N2O/c1-14(21)8-7-13-20-17-12-6-5-11-16(17)19-18(20)15-9-3-2-4-10-15/h2-6,9-12H,7-8,13H2,1H3. The molecular weight excluding hydrogens is 260 g/mol. The van der Waals surface area contributed by atoms with Crippen molar-refractivity contribution in [3.05, 3.63) is 54.6 Å². The minimum atomic E-state index is 0.237. The van der Waals surface area contributed by atoms with Crippen LogP contribution in [-0.4, -0.2) is 15.3 Å². The van der Waals surface area contributed by atoms with Crippen LogP contribution in [-0.2, 0) is 11.3 Å². The zero-order valence-electron chi connectivity index (χ0n) is 12.1. The van der Waals surface area contributed by atoms with E-state index in [0.717, 1.165) is 35.4 Å². The van der Waals surface area contributed by atoms with Gasteiger partial charge in [0.05, 0.1) is 11.0 Å². The zero-order chi connectivity index (χ0) is 14.7. The van der Waals surface area contributed by atoms with Gasteiger partial charge in [0.2, 0.25) is 0 Å². The minimum absolute atomic E-state index is 0.237. The fourth-order valence-electron chi connectivity index (χ4n) is 2.60. The summed E-state index contributed by atoms with van der Waals surface area (Å²) < 4.78 is 2.22. The Morgan fingerprint density at radius 3 is 2.52 bits per heavy atom. The van der Waals surface area contributed by atoms with Gasteiger partial charge < -0.3 is 9.36 Å². The first-order chi connectivity index (χ1) is 10.3. The number of aryl methyl sites for hydroxylation is 1. The Balaban J connectivity index is 2.04. The molecule has 1 heterocycles. The van der Waals surface area contributed by atoms with Gasteiger partial charge in [-0.3, -0.25) is 0 Å². The lowest BCUT2D eigenvalue weighted by atomic mass is 10.2. The number of fused-ring (bicyclic) bond motifs is 1. The van der Waals surface area contributed by atoms with Gasteiger partial charge in [-0.15, -0.1) is 0 Å². The number of Topliss-reactive ketones (excluding diaryl/α,β-unsaturated/α-hetero) is 1. The van der Waals surface area contributed by atoms with Crippen LogP contribution < -0.4 is 0 Å². The molecule has 0 aliphatic rings. The molecule has 0 fully saturated rings. The summed E-state index contributed by atoms with van der Waals surface area (Å²) in [7, 11) is 0. The Morgan fingerprint density at radius 2 is 1.76 bits per heavy atom. The second kappa shape index (κ2) is 5.92. The molecule has 0 atom stereocenters. The van der Waals surface area contributed by atoms with Gasteiger partial charge in [0, 0.05) is 18.5 Å². The molecule has 0 N–H and O–H groups in total. The highest BCUT2D eigenvalue weighted by molar-refractivity contribution is 5.80. The number of rotatable bonds is 5. The van der Waals surface area contributed by atoms with E-state index in [1.165, 1.54) is 0 Å². The summed E-state index contributed by atoms with van der Waals surface area (Å²) in [5.74, 6) is 1.21. The maximum Gasteiger partial charge on any atom is 0.141 e. The molecule has 0 bridgehead atoms. The van der Waals surface area contributed by atoms with Crippen molar-refractivity contribution < 1.29 is 4.79 Å². The predicted octanol–water partition coefficient (Wildman–Crippen LogP) is 4.07. The van der Waals surface area contributed by atoms with Crippen molar-refractivity contribution in [2.24, 2.45) is 0 Å². The van der Waals surface area contributed by atoms with Gasteiger partial charge in [0.1, 0.15) is 11.6 Å². The number of para-hydroxylation sites is 2. The second-order valence-electron chi connectivity index (χ2n) is 5.25. The molecule has 0 spiro atoms. The molecule has 0 radical (unpaired) electrons. The van der Waals surface area contributed by atoms with Crippen LogP contribution in [0.5, 0.6) is 0 Å². The molecule has 21 heavy (non-hydrogen) atoms. The Bertz CT molecular complexity index is 759. The van der Waals surface area contributed by atoms with Crippen molar-refractivity contribution in [2.45, 2.75) is 26.3 Å². The molecule has 3 aromatic rings. The molecule has 0 aliphatic heterocycles. The van der Waals surface area contributed by atoms with Crippen LogP contribution >= 0.6 is 0 Å². The number of aromatic nitrogens is 2. The number of carbonyl (C=O) groups is 1. The fourth-order valence-corrected chi connectivity index (χ4v) is 2.60. The van der Waals surface area contributed by atoms with Crippen molar-refractivity contribution in [1.82, 2.24) is 9.55 Å². The predicted molar refractivity (Wildman–Crippen MR) is 85.1 cm³/mol. The lowest BCUT2D eigenvalue weighted by molar-refractivity contribution is -0.117. The van der Waals surface area contributed by atoms with E-state index in [4.69, 9.17) is 4.98 Å². The Morgan fingerprint density at radius 1 is 1.05 bits per heavy atom. The molecule has 0 unspecified atom stereocenters. The first kappa shape index (κ1) is 13.6. The third kappa shape index (κ3) is 2.87. The number of imidazole rings is 1. The molecule has 106 valence electrons. The van der Waals surface area contributed by atoms with Crippen LogP contribution in [0.3, 0.4) is 0 Å². The summed E-state index contributed by atoms with van der Waals surface area (Å²) in [6.07, 6.45) is 1.45. The maximum absolute atomic E-state index is 11.2. The molecule has 3 nitrogen and oxygen atoms in total. The summed E-state index contributed by atoms with van der Waals surface area (Å²) in [5.41, 5.74) is 3.23. The van der Waals surface area contributed by atoms with Gasteiger partial charge in [0.15, 0.2) is 0 Å². The summed E-state index contributed by atoms with van der Waals surface area (Å²) in [6.45, 7) is 2.45. The highest BCUT2D eigenvalue weighted by atomic mass is 16.1. The molecule has 1 aromatic heterocycles. The van der Waals surface area contributed by atoms with E-state index in [0.29, 0.717) is 6.42 Å². The molecule has 0 saturated heterocycles. The first-order valence-corrected chi connectivity index (χ1v) is 7.26. The first-order valence-electron chi connectivity index (χ1n) is 7.26. The van der Waals surface area contributed by atoms with Crippen LogP contribution in [0.4, 0.5) is 0 Å². The molecule has 3 heteroatoms. The number of ketones is 1. The smallest absolute Gasteiger partial charge is 0.141 e. The third-order valence-electron chi connectivity index (χ3n) is 3.60. The van der Waals surface area contributed by atoms with Gasteiger partial charge in [0.25, 0.3) is 0 Å². The number of benzene rings is 2. The van der Waals surface area contributed by atoms with Crippen LogP contribution in [0.25, 0.3) is 22.4 Å². The molecular formula is C18H18N2O. The van der Waals surface area contributed by atoms with E-state index in [2.05, 4.69) is 22.8 Å². The molecule has 0 aliphatic carbocycles. The van der Waals surface area contributed by atoms with Crippen molar-refractivity contribution in [2.75, 3.05) is 0 Å². The number of carbonyl (C=O) groups excluding carboxylic acids is 1. The van der Waals surface area contributed by atoms with Crippen LogP contribution in [0, 0.1) is 0 Å². The van der Waals surface area contributed by atoms with E-state index in [-0.39, 0.29) is 5.78 Å². The van der Waals surface area contributed by atoms with E-state index in [9.17, 15) is 4.79 Å². The Hall–Kier alpha value is -2.42. The Labute approximate surface area is 124 Å². The maximum atomic E-state index is 11.2. The topological polar surface area (TPSA) is 34.9 Å². The average molecular weight is 278 g/mol. The lowest BCUT2D eigenvalue weighted by Gasteiger charge is -2.08. The van der Waals surface area contributed by atoms with Crippen LogP contribution in [0.2, 0.25) is 0 Å². The van der Waals surface area contributed by atoms with Crippen LogP contribution in [0.1, 0.15) is 19.8 Å². The number of hydrogen-bond acceptors (Lipinski definition) is 2. The van der Waals surface area contributed by atoms with E-state index < -0.39 is 0 Å². The monoisotopic (exact) mass is 278 g/mol. The van der Waals surface area contributed by atoms with Gasteiger partial charge in [-0.1, -0.05) is 42.5 Å². The van der Waals surface area contributed by atoms with Gasteiger partial charge in [-0.05, 0) is 25.5 Å². The molecule has 0 saturated carbocycles. The number of hydrogen-bond donors (Lipinski definition) is 0. The van der Waals surface area contributed by atoms with E-state index >= 15 is 0 Å². The fraction of sp³-hybridized carbons (Fsp3) is 0.222. The van der Waals surface area contributed by atoms with Crippen LogP contribution in [0.15, 0.2) is 54.6 Å². The van der Waals surface area contributed by atoms with Gasteiger partial charge >= 0.3 is 0 Å². The van der Waals surface area contributed by atoms with Crippen molar-refractivity contribution in [3.63, 3.8) is 0 Å². The van der Waals surface area contributed by atoms with Crippen molar-refractivity contribution >= 4 is 16.8 Å². The summed E-state index contributed by atoms with van der Waals surface area (Å²) in [6, 6.07) is 18.3. The summed E-state index contributed by atoms with van der Waals surface area (Å²) in [5, 5.41) is 0. The lowest BCUT2D eigenvalue weighted by Crippen LogP contribution is -2.02. The highest BCUT2D eigenvalue weighted by Crippen LogP contribution is 2.25. The quantitative estimate of drug-likeness (QED) is 0.705. The van der Waals surface area contributed by atoms with E-state index in [1.54, 1.807) is 6.92 Å². The van der Waals surface area contributed by atoms with E-state index in [1.807, 2.05) is 36.4 Å². The molecule has 3 rings (SSSR count). The normalized spacial score (nSPS) is 10.9. The molecule has 0 amide bonds. The van der Waals surface area contributed by atoms with Gasteiger partial charge in [-0.25, -0.2) is 4.98 Å². The summed E-state index contributed by atoms with van der Waals surface area (Å²) >= 11 is 0. The molecule has 2 aromatic carbocycles. The summed E-state index contributed by atoms with van der Waals surface area (Å²) in [4.78, 5) is 15.9.